The second-order valence-electron chi connectivity index (χ2n) is 10.7. The Morgan fingerprint density at radius 1 is 1.27 bits per heavy atom. The van der Waals surface area contributed by atoms with Gasteiger partial charge in [-0.25, -0.2) is 0 Å². The molecule has 33 heavy (non-hydrogen) atoms. The lowest BCUT2D eigenvalue weighted by molar-refractivity contribution is -0.146. The number of benzene rings is 1. The Hall–Kier alpha value is -1.60. The zero-order valence-corrected chi connectivity index (χ0v) is 20.0. The fourth-order valence-electron chi connectivity index (χ4n) is 6.04. The van der Waals surface area contributed by atoms with Crippen LogP contribution in [0.4, 0.5) is 13.2 Å². The maximum absolute atomic E-state index is 13.8. The van der Waals surface area contributed by atoms with Gasteiger partial charge in [0.2, 0.25) is 5.91 Å². The van der Waals surface area contributed by atoms with Gasteiger partial charge >= 0.3 is 6.18 Å². The van der Waals surface area contributed by atoms with Crippen LogP contribution in [0.15, 0.2) is 18.2 Å². The predicted octanol–water partition coefficient (Wildman–Crippen LogP) is 5.05. The van der Waals surface area contributed by atoms with Crippen LogP contribution in [0.5, 0.6) is 0 Å². The molecule has 2 fully saturated rings. The summed E-state index contributed by atoms with van der Waals surface area (Å²) in [7, 11) is 0. The lowest BCUT2D eigenvalue weighted by Crippen LogP contribution is -2.48. The highest BCUT2D eigenvalue weighted by Gasteiger charge is 2.49. The van der Waals surface area contributed by atoms with Gasteiger partial charge in [-0.2, -0.15) is 13.2 Å². The summed E-state index contributed by atoms with van der Waals surface area (Å²) in [4.78, 5) is 15.6. The van der Waals surface area contributed by atoms with Crippen molar-refractivity contribution in [3.05, 3.63) is 34.9 Å². The van der Waals surface area contributed by atoms with E-state index in [1.54, 1.807) is 6.07 Å². The Bertz CT molecular complexity index is 856. The van der Waals surface area contributed by atoms with E-state index in [1.807, 2.05) is 4.90 Å². The van der Waals surface area contributed by atoms with Crippen LogP contribution in [-0.2, 0) is 28.7 Å². The molecule has 1 amide bonds. The maximum atomic E-state index is 13.8. The molecule has 4 rings (SSSR count). The SMILES string of the molecule is CC(C)[C@@]1(C(=O)N2CCc3ccc(C(F)(F)F)cc3C2)CCC(CN[C@H]2CCOC[C@H]2C)C1. The minimum atomic E-state index is -4.37. The van der Waals surface area contributed by atoms with Crippen molar-refractivity contribution < 1.29 is 22.7 Å². The number of hydrogen-bond donors (Lipinski definition) is 1. The molecule has 2 heterocycles. The van der Waals surface area contributed by atoms with Gasteiger partial charge in [0.25, 0.3) is 0 Å². The smallest absolute Gasteiger partial charge is 0.381 e. The molecule has 0 bridgehead atoms. The monoisotopic (exact) mass is 466 g/mol. The van der Waals surface area contributed by atoms with Crippen molar-refractivity contribution in [3.63, 3.8) is 0 Å². The summed E-state index contributed by atoms with van der Waals surface area (Å²) < 4.78 is 45.2. The molecule has 0 radical (unpaired) electrons. The third kappa shape index (κ3) is 5.09. The van der Waals surface area contributed by atoms with Crippen molar-refractivity contribution in [1.82, 2.24) is 10.2 Å². The first-order valence-corrected chi connectivity index (χ1v) is 12.4. The fourth-order valence-corrected chi connectivity index (χ4v) is 6.04. The second-order valence-corrected chi connectivity index (χ2v) is 10.7. The van der Waals surface area contributed by atoms with E-state index in [2.05, 4.69) is 26.1 Å². The Morgan fingerprint density at radius 3 is 2.76 bits per heavy atom. The number of nitrogens with one attached hydrogen (secondary N) is 1. The van der Waals surface area contributed by atoms with Gasteiger partial charge in [0, 0.05) is 25.7 Å². The fraction of sp³-hybridized carbons (Fsp3) is 0.731. The molecule has 1 saturated carbocycles. The minimum Gasteiger partial charge on any atom is -0.381 e. The third-order valence-corrected chi connectivity index (χ3v) is 8.33. The minimum absolute atomic E-state index is 0.127. The molecule has 1 aromatic carbocycles. The van der Waals surface area contributed by atoms with Crippen LogP contribution < -0.4 is 5.32 Å². The van der Waals surface area contributed by atoms with Crippen molar-refractivity contribution in [2.45, 2.75) is 71.6 Å². The van der Waals surface area contributed by atoms with Crippen LogP contribution in [0.2, 0.25) is 0 Å². The van der Waals surface area contributed by atoms with E-state index in [-0.39, 0.29) is 18.4 Å². The summed E-state index contributed by atoms with van der Waals surface area (Å²) in [6.07, 6.45) is -0.0221. The van der Waals surface area contributed by atoms with E-state index in [1.165, 1.54) is 6.07 Å². The average Bonchev–Trinajstić information content (AvgIpc) is 3.22. The Balaban J connectivity index is 1.43. The second kappa shape index (κ2) is 9.57. The summed E-state index contributed by atoms with van der Waals surface area (Å²) in [5.74, 6) is 1.26. The molecular weight excluding hydrogens is 429 g/mol. The zero-order valence-electron chi connectivity index (χ0n) is 20.0. The van der Waals surface area contributed by atoms with Crippen LogP contribution in [-0.4, -0.2) is 43.2 Å². The van der Waals surface area contributed by atoms with Gasteiger partial charge in [-0.3, -0.25) is 4.79 Å². The van der Waals surface area contributed by atoms with Gasteiger partial charge in [-0.1, -0.05) is 26.8 Å². The van der Waals surface area contributed by atoms with E-state index in [4.69, 9.17) is 4.74 Å². The van der Waals surface area contributed by atoms with Gasteiger partial charge in [0.15, 0.2) is 0 Å². The number of amides is 1. The Labute approximate surface area is 195 Å². The number of nitrogens with zero attached hydrogens (tertiary/aromatic N) is 1. The standard InChI is InChI=1S/C26H37F3N2O2/c1-17(2)25(9-6-19(13-25)14-30-23-8-11-33-16-18(23)3)24(32)31-10-7-20-4-5-22(26(27,28)29)12-21(20)15-31/h4-5,12,17-19,23,30H,6-11,13-16H2,1-3H3/t18-,19?,23+,25-/m1/s1. The molecule has 3 aliphatic rings. The van der Waals surface area contributed by atoms with Gasteiger partial charge < -0.3 is 15.0 Å². The maximum Gasteiger partial charge on any atom is 0.416 e. The molecule has 4 atom stereocenters. The number of hydrogen-bond acceptors (Lipinski definition) is 3. The highest BCUT2D eigenvalue weighted by Crippen LogP contribution is 2.49. The molecule has 0 aromatic heterocycles. The zero-order chi connectivity index (χ0) is 23.8. The molecule has 0 spiro atoms. The first-order chi connectivity index (χ1) is 15.6. The number of ether oxygens (including phenoxy) is 1. The highest BCUT2D eigenvalue weighted by molar-refractivity contribution is 5.83. The van der Waals surface area contributed by atoms with E-state index in [9.17, 15) is 18.0 Å². The highest BCUT2D eigenvalue weighted by atomic mass is 19.4. The van der Waals surface area contributed by atoms with Crippen molar-refractivity contribution in [1.29, 1.82) is 0 Å². The quantitative estimate of drug-likeness (QED) is 0.661. The molecule has 4 nitrogen and oxygen atoms in total. The van der Waals surface area contributed by atoms with Crippen molar-refractivity contribution >= 4 is 5.91 Å². The van der Waals surface area contributed by atoms with Crippen molar-refractivity contribution in [2.24, 2.45) is 23.2 Å². The number of alkyl halides is 3. The predicted molar refractivity (Wildman–Crippen MR) is 122 cm³/mol. The third-order valence-electron chi connectivity index (χ3n) is 8.33. The first-order valence-electron chi connectivity index (χ1n) is 12.4. The number of carbonyl (C=O) groups excluding carboxylic acids is 1. The molecule has 2 aliphatic heterocycles. The number of halogens is 3. The van der Waals surface area contributed by atoms with Crippen molar-refractivity contribution in [2.75, 3.05) is 26.3 Å². The molecule has 1 saturated heterocycles. The molecular formula is C26H37F3N2O2. The average molecular weight is 467 g/mol. The molecule has 1 aliphatic carbocycles. The lowest BCUT2D eigenvalue weighted by atomic mass is 9.73. The Kier molecular flexibility index (Phi) is 7.11. The largest absolute Gasteiger partial charge is 0.416 e. The van der Waals surface area contributed by atoms with Gasteiger partial charge in [-0.05, 0) is 79.7 Å². The molecule has 1 unspecified atom stereocenters. The summed E-state index contributed by atoms with van der Waals surface area (Å²) >= 11 is 0. The molecule has 1 aromatic rings. The van der Waals surface area contributed by atoms with Crippen molar-refractivity contribution in [3.8, 4) is 0 Å². The molecule has 1 N–H and O–H groups in total. The summed E-state index contributed by atoms with van der Waals surface area (Å²) in [5.41, 5.74) is 0.494. The summed E-state index contributed by atoms with van der Waals surface area (Å²) in [6.45, 7) is 9.81. The topological polar surface area (TPSA) is 41.6 Å². The van der Waals surface area contributed by atoms with Crippen LogP contribution >= 0.6 is 0 Å². The number of carbonyl (C=O) groups is 1. The van der Waals surface area contributed by atoms with Crippen LogP contribution in [0, 0.1) is 23.2 Å². The Morgan fingerprint density at radius 2 is 2.06 bits per heavy atom. The summed E-state index contributed by atoms with van der Waals surface area (Å²) in [6, 6.07) is 4.42. The van der Waals surface area contributed by atoms with E-state index in [0.29, 0.717) is 36.4 Å². The van der Waals surface area contributed by atoms with E-state index in [0.717, 1.165) is 57.1 Å². The van der Waals surface area contributed by atoms with Gasteiger partial charge in [0.1, 0.15) is 0 Å². The number of fused-ring (bicyclic) bond motifs is 1. The normalized spacial score (nSPS) is 30.5. The van der Waals surface area contributed by atoms with Crippen LogP contribution in [0.3, 0.4) is 0 Å². The van der Waals surface area contributed by atoms with Crippen LogP contribution in [0.25, 0.3) is 0 Å². The van der Waals surface area contributed by atoms with E-state index >= 15 is 0 Å². The summed E-state index contributed by atoms with van der Waals surface area (Å²) in [5, 5.41) is 3.73. The van der Waals surface area contributed by atoms with Gasteiger partial charge in [0.05, 0.1) is 17.6 Å². The first kappa shape index (κ1) is 24.5. The molecule has 7 heteroatoms. The molecule has 184 valence electrons. The van der Waals surface area contributed by atoms with Gasteiger partial charge in [-0.15, -0.1) is 0 Å². The number of rotatable bonds is 5. The van der Waals surface area contributed by atoms with E-state index < -0.39 is 17.2 Å². The lowest BCUT2D eigenvalue weighted by Gasteiger charge is -2.40. The van der Waals surface area contributed by atoms with Crippen LogP contribution in [0.1, 0.15) is 63.1 Å².